The summed E-state index contributed by atoms with van der Waals surface area (Å²) in [6.07, 6.45) is 14.0. The molecule has 0 bridgehead atoms. The second-order valence-corrected chi connectivity index (χ2v) is 15.2. The van der Waals surface area contributed by atoms with E-state index in [9.17, 15) is 4.79 Å². The van der Waals surface area contributed by atoms with Crippen LogP contribution in [0, 0.1) is 0 Å². The SMILES string of the molecule is C=C(CCCCC1(CCCCNC)SCCS1)NC.CC1CSC2CCCC(=O)N12.CCc1ccccc1.CN.CNC=O. The minimum Gasteiger partial charge on any atom is -0.392 e. The number of rotatable bonds is 13. The molecule has 3 aliphatic heterocycles. The first-order valence-electron chi connectivity index (χ1n) is 16.3. The fraction of sp³-hybridized carbons (Fsp3) is 0.706. The maximum atomic E-state index is 11.4. The lowest BCUT2D eigenvalue weighted by atomic mass is 10.1. The monoisotopic (exact) mass is 669 g/mol. The number of hydrogen-bond acceptors (Lipinski definition) is 8. The molecule has 0 radical (unpaired) electrons. The van der Waals surface area contributed by atoms with Gasteiger partial charge in [0.2, 0.25) is 12.3 Å². The molecule has 0 spiro atoms. The van der Waals surface area contributed by atoms with Crippen molar-refractivity contribution in [3.05, 3.63) is 48.2 Å². The lowest BCUT2D eigenvalue weighted by Gasteiger charge is -2.31. The van der Waals surface area contributed by atoms with Crippen molar-refractivity contribution in [3.8, 4) is 0 Å². The first-order valence-corrected chi connectivity index (χ1v) is 19.3. The van der Waals surface area contributed by atoms with E-state index in [1.54, 1.807) is 7.05 Å². The number of nitrogens with one attached hydrogen (secondary N) is 3. The van der Waals surface area contributed by atoms with Gasteiger partial charge >= 0.3 is 0 Å². The molecule has 254 valence electrons. The van der Waals surface area contributed by atoms with E-state index in [-0.39, 0.29) is 0 Å². The molecule has 1 aromatic carbocycles. The largest absolute Gasteiger partial charge is 0.392 e. The number of aryl methyl sites for hydroxylation is 1. The van der Waals surface area contributed by atoms with E-state index in [1.807, 2.05) is 31.9 Å². The molecule has 4 rings (SSSR count). The first kappa shape index (κ1) is 42.7. The molecule has 10 heteroatoms. The van der Waals surface area contributed by atoms with Crippen molar-refractivity contribution in [2.45, 2.75) is 100.0 Å². The molecular weight excluding hydrogens is 607 g/mol. The molecule has 0 saturated carbocycles. The van der Waals surface area contributed by atoms with Crippen LogP contribution < -0.4 is 21.7 Å². The number of nitrogens with two attached hydrogens (primary N) is 1. The highest BCUT2D eigenvalue weighted by Crippen LogP contribution is 2.50. The minimum absolute atomic E-state index is 0.374. The molecular formula is C34H63N5O2S3. The van der Waals surface area contributed by atoms with Crippen LogP contribution in [0.2, 0.25) is 0 Å². The van der Waals surface area contributed by atoms with E-state index >= 15 is 0 Å². The number of allylic oxidation sites excluding steroid dienone is 1. The van der Waals surface area contributed by atoms with E-state index in [2.05, 4.69) is 94.8 Å². The summed E-state index contributed by atoms with van der Waals surface area (Å²) in [5.41, 5.74) is 7.09. The van der Waals surface area contributed by atoms with Crippen molar-refractivity contribution in [1.29, 1.82) is 0 Å². The van der Waals surface area contributed by atoms with E-state index in [0.717, 1.165) is 38.0 Å². The quantitative estimate of drug-likeness (QED) is 0.140. The zero-order chi connectivity index (χ0) is 33.1. The van der Waals surface area contributed by atoms with Gasteiger partial charge < -0.3 is 26.6 Å². The third kappa shape index (κ3) is 18.6. The van der Waals surface area contributed by atoms with Crippen LogP contribution in [0.25, 0.3) is 0 Å². The average Bonchev–Trinajstić information content (AvgIpc) is 3.71. The van der Waals surface area contributed by atoms with Crippen LogP contribution in [0.15, 0.2) is 42.6 Å². The van der Waals surface area contributed by atoms with Crippen LogP contribution in [-0.2, 0) is 16.0 Å². The molecule has 3 aliphatic rings. The number of amides is 2. The second kappa shape index (κ2) is 27.9. The maximum Gasteiger partial charge on any atom is 0.223 e. The number of carbonyl (C=O) groups excluding carboxylic acids is 2. The lowest BCUT2D eigenvalue weighted by Crippen LogP contribution is -2.42. The highest BCUT2D eigenvalue weighted by atomic mass is 32.2. The van der Waals surface area contributed by atoms with Crippen molar-refractivity contribution in [3.63, 3.8) is 0 Å². The highest BCUT2D eigenvalue weighted by molar-refractivity contribution is 8.21. The Kier molecular flexibility index (Phi) is 27.1. The molecule has 2 unspecified atom stereocenters. The van der Waals surface area contributed by atoms with Gasteiger partial charge in [0.05, 0.1) is 9.45 Å². The Balaban J connectivity index is 0.000000621. The molecule has 3 saturated heterocycles. The van der Waals surface area contributed by atoms with Gasteiger partial charge in [-0.3, -0.25) is 9.59 Å². The number of hydrogen-bond donors (Lipinski definition) is 4. The summed E-state index contributed by atoms with van der Waals surface area (Å²) in [4.78, 5) is 22.5. The smallest absolute Gasteiger partial charge is 0.223 e. The Hall–Kier alpha value is -1.33. The van der Waals surface area contributed by atoms with Gasteiger partial charge in [-0.05, 0) is 90.9 Å². The summed E-state index contributed by atoms with van der Waals surface area (Å²) >= 11 is 6.38. The van der Waals surface area contributed by atoms with Crippen molar-refractivity contribution in [2.75, 3.05) is 52.0 Å². The van der Waals surface area contributed by atoms with E-state index in [0.29, 0.717) is 27.8 Å². The summed E-state index contributed by atoms with van der Waals surface area (Å²) < 4.78 is 0.536. The van der Waals surface area contributed by atoms with Crippen LogP contribution >= 0.6 is 35.3 Å². The van der Waals surface area contributed by atoms with Gasteiger partial charge in [-0.1, -0.05) is 50.3 Å². The van der Waals surface area contributed by atoms with Gasteiger partial charge in [0.15, 0.2) is 0 Å². The fourth-order valence-electron chi connectivity index (χ4n) is 5.06. The number of piperidine rings is 1. The number of thioether (sulfide) groups is 3. The summed E-state index contributed by atoms with van der Waals surface area (Å²) in [6.45, 7) is 9.47. The first-order chi connectivity index (χ1) is 21.4. The molecule has 2 amide bonds. The maximum absolute atomic E-state index is 11.4. The fourth-order valence-corrected chi connectivity index (χ4v) is 9.94. The van der Waals surface area contributed by atoms with Gasteiger partial charge in [0.25, 0.3) is 0 Å². The topological polar surface area (TPSA) is 99.5 Å². The number of benzene rings is 1. The Morgan fingerprint density at radius 2 is 1.68 bits per heavy atom. The predicted octanol–water partition coefficient (Wildman–Crippen LogP) is 6.49. The zero-order valence-corrected chi connectivity index (χ0v) is 30.9. The van der Waals surface area contributed by atoms with E-state index < -0.39 is 0 Å². The van der Waals surface area contributed by atoms with Gasteiger partial charge in [0.1, 0.15) is 0 Å². The number of nitrogens with zero attached hydrogens (tertiary/aromatic N) is 1. The van der Waals surface area contributed by atoms with Crippen LogP contribution in [0.4, 0.5) is 0 Å². The van der Waals surface area contributed by atoms with Crippen molar-refractivity contribution < 1.29 is 9.59 Å². The molecule has 5 N–H and O–H groups in total. The summed E-state index contributed by atoms with van der Waals surface area (Å²) in [6, 6.07) is 10.9. The van der Waals surface area contributed by atoms with Crippen LogP contribution in [0.3, 0.4) is 0 Å². The number of carbonyl (C=O) groups is 2. The molecule has 3 heterocycles. The third-order valence-corrected chi connectivity index (χ3v) is 12.7. The molecule has 2 atom stereocenters. The Morgan fingerprint density at radius 3 is 2.18 bits per heavy atom. The van der Waals surface area contributed by atoms with E-state index in [1.165, 1.54) is 74.8 Å². The predicted molar refractivity (Wildman–Crippen MR) is 200 cm³/mol. The summed E-state index contributed by atoms with van der Waals surface area (Å²) in [5, 5.41) is 9.16. The zero-order valence-electron chi connectivity index (χ0n) is 28.5. The molecule has 1 aromatic rings. The van der Waals surface area contributed by atoms with Crippen molar-refractivity contribution in [2.24, 2.45) is 5.73 Å². The van der Waals surface area contributed by atoms with Crippen molar-refractivity contribution >= 4 is 47.6 Å². The van der Waals surface area contributed by atoms with E-state index in [4.69, 9.17) is 4.79 Å². The normalized spacial score (nSPS) is 19.2. The second-order valence-electron chi connectivity index (χ2n) is 10.8. The Morgan fingerprint density at radius 1 is 1.07 bits per heavy atom. The van der Waals surface area contributed by atoms with Gasteiger partial charge in [-0.25, -0.2) is 0 Å². The molecule has 3 fully saturated rings. The lowest BCUT2D eigenvalue weighted by molar-refractivity contribution is -0.135. The van der Waals surface area contributed by atoms with Gasteiger partial charge in [-0.2, -0.15) is 0 Å². The van der Waals surface area contributed by atoms with Crippen LogP contribution in [0.1, 0.15) is 83.6 Å². The number of unbranched alkanes of at least 4 members (excludes halogenated alkanes) is 2. The standard InChI is InChI=1S/C15H30N2S2.C8H13NOS.C8H10.C2H5NO.CH5N/c1-14(17-3)8-4-5-9-15(18-12-13-19-15)10-6-7-11-16-2;1-6-5-11-8-4-2-3-7(10)9(6)8;1-2-8-6-4-3-5-7-8;1-3-2-4;1-2/h16-17H,1,4-13H2,2-3H3;6,8H,2-5H2,1H3;3-7H,2H2,1H3;2H,1H3,(H,3,4);2H2,1H3. The van der Waals surface area contributed by atoms with Gasteiger partial charge in [-0.15, -0.1) is 35.3 Å². The molecule has 44 heavy (non-hydrogen) atoms. The molecule has 0 aliphatic carbocycles. The highest BCUT2D eigenvalue weighted by Gasteiger charge is 2.37. The number of fused-ring (bicyclic) bond motifs is 1. The third-order valence-electron chi connectivity index (χ3n) is 7.50. The van der Waals surface area contributed by atoms with Gasteiger partial charge in [0, 0.05) is 49.5 Å². The Bertz CT molecular complexity index is 855. The average molecular weight is 670 g/mol. The van der Waals surface area contributed by atoms with Crippen molar-refractivity contribution in [1.82, 2.24) is 20.9 Å². The summed E-state index contributed by atoms with van der Waals surface area (Å²) in [7, 11) is 7.07. The summed E-state index contributed by atoms with van der Waals surface area (Å²) in [5.74, 6) is 4.20. The molecule has 7 nitrogen and oxygen atoms in total. The minimum atomic E-state index is 0.374. The van der Waals surface area contributed by atoms with Crippen LogP contribution in [0.5, 0.6) is 0 Å². The Labute approximate surface area is 282 Å². The van der Waals surface area contributed by atoms with Crippen LogP contribution in [-0.4, -0.2) is 84.7 Å². The molecule has 0 aromatic heterocycles.